The van der Waals surface area contributed by atoms with Crippen molar-refractivity contribution in [3.8, 4) is 5.75 Å². The molecule has 0 aliphatic carbocycles. The lowest BCUT2D eigenvalue weighted by atomic mass is 9.85. The summed E-state index contributed by atoms with van der Waals surface area (Å²) in [6.45, 7) is 4.95. The van der Waals surface area contributed by atoms with Crippen molar-refractivity contribution in [1.29, 1.82) is 0 Å². The summed E-state index contributed by atoms with van der Waals surface area (Å²) in [5, 5.41) is 14.9. The molecule has 32 heavy (non-hydrogen) atoms. The summed E-state index contributed by atoms with van der Waals surface area (Å²) in [5.74, 6) is 1.16. The first-order valence-corrected chi connectivity index (χ1v) is 10.8. The minimum absolute atomic E-state index is 0.0844. The minimum Gasteiger partial charge on any atom is -0.492 e. The Morgan fingerprint density at radius 3 is 2.22 bits per heavy atom. The van der Waals surface area contributed by atoms with Gasteiger partial charge in [-0.05, 0) is 30.2 Å². The first kappa shape index (κ1) is 21.6. The van der Waals surface area contributed by atoms with Gasteiger partial charge in [0, 0.05) is 19.5 Å². The van der Waals surface area contributed by atoms with Crippen molar-refractivity contribution in [3.05, 3.63) is 95.8 Å². The molecule has 164 valence electrons. The second-order valence-corrected chi connectivity index (χ2v) is 7.60. The molecule has 0 saturated carbocycles. The van der Waals surface area contributed by atoms with Crippen molar-refractivity contribution < 1.29 is 14.6 Å². The molecular formula is C26H27N3O3. The second kappa shape index (κ2) is 9.24. The van der Waals surface area contributed by atoms with Gasteiger partial charge in [-0.25, -0.2) is 4.98 Å². The molecule has 0 aliphatic rings. The summed E-state index contributed by atoms with van der Waals surface area (Å²) in [4.78, 5) is 15.9. The van der Waals surface area contributed by atoms with E-state index in [1.165, 1.54) is 6.92 Å². The highest BCUT2D eigenvalue weighted by molar-refractivity contribution is 5.78. The number of hydrogen-bond donors (Lipinski definition) is 2. The molecule has 1 heterocycles. The van der Waals surface area contributed by atoms with Crippen LogP contribution in [0, 0.1) is 0 Å². The Bertz CT molecular complexity index is 1160. The van der Waals surface area contributed by atoms with E-state index >= 15 is 0 Å². The van der Waals surface area contributed by atoms with Crippen molar-refractivity contribution >= 4 is 16.9 Å². The van der Waals surface area contributed by atoms with Gasteiger partial charge >= 0.3 is 0 Å². The number of benzene rings is 3. The van der Waals surface area contributed by atoms with Gasteiger partial charge in [0.05, 0.1) is 17.6 Å². The Labute approximate surface area is 187 Å². The molecular weight excluding hydrogens is 402 g/mol. The number of aliphatic hydroxyl groups is 1. The highest BCUT2D eigenvalue weighted by atomic mass is 16.5. The minimum atomic E-state index is -1.41. The van der Waals surface area contributed by atoms with E-state index in [1.54, 1.807) is 0 Å². The van der Waals surface area contributed by atoms with Gasteiger partial charge in [-0.15, -0.1) is 0 Å². The van der Waals surface area contributed by atoms with Crippen molar-refractivity contribution in [2.45, 2.75) is 26.0 Å². The molecule has 1 aromatic heterocycles. The van der Waals surface area contributed by atoms with E-state index in [4.69, 9.17) is 9.72 Å². The standard InChI is InChI=1S/C26H27N3O3/c1-3-29-24-18-22(32-17-16-27-19(2)30)14-15-23(24)28-25(29)26(31,20-10-6-4-7-11-20)21-12-8-5-9-13-21/h4-15,18,31H,3,16-17H2,1-2H3,(H,27,30). The normalized spacial score (nSPS) is 11.5. The van der Waals surface area contributed by atoms with E-state index in [2.05, 4.69) is 5.32 Å². The Hall–Kier alpha value is -3.64. The van der Waals surface area contributed by atoms with Crippen LogP contribution in [0.15, 0.2) is 78.9 Å². The SMILES string of the molecule is CCn1c(C(O)(c2ccccc2)c2ccccc2)nc2ccc(OCCNC(C)=O)cc21. The van der Waals surface area contributed by atoms with Gasteiger partial charge in [0.2, 0.25) is 5.91 Å². The molecule has 6 heteroatoms. The Kier molecular flexibility index (Phi) is 6.23. The molecule has 3 aromatic carbocycles. The number of aromatic nitrogens is 2. The summed E-state index contributed by atoms with van der Waals surface area (Å²) in [5.41, 5.74) is 1.75. The van der Waals surface area contributed by atoms with Gasteiger partial charge in [0.1, 0.15) is 12.4 Å². The van der Waals surface area contributed by atoms with Gasteiger partial charge in [-0.3, -0.25) is 4.79 Å². The Balaban J connectivity index is 1.80. The lowest BCUT2D eigenvalue weighted by Crippen LogP contribution is -2.32. The molecule has 0 bridgehead atoms. The number of rotatable bonds is 8. The van der Waals surface area contributed by atoms with Crippen LogP contribution >= 0.6 is 0 Å². The van der Waals surface area contributed by atoms with E-state index in [0.717, 1.165) is 22.2 Å². The first-order chi connectivity index (χ1) is 15.5. The number of imidazole rings is 1. The van der Waals surface area contributed by atoms with Crippen molar-refractivity contribution in [2.24, 2.45) is 0 Å². The molecule has 6 nitrogen and oxygen atoms in total. The first-order valence-electron chi connectivity index (χ1n) is 10.8. The monoisotopic (exact) mass is 429 g/mol. The lowest BCUT2D eigenvalue weighted by molar-refractivity contribution is -0.119. The van der Waals surface area contributed by atoms with E-state index in [0.29, 0.717) is 31.3 Å². The summed E-state index contributed by atoms with van der Waals surface area (Å²) in [7, 11) is 0. The smallest absolute Gasteiger partial charge is 0.216 e. The quantitative estimate of drug-likeness (QED) is 0.417. The van der Waals surface area contributed by atoms with Gasteiger partial charge in [0.25, 0.3) is 0 Å². The topological polar surface area (TPSA) is 76.4 Å². The maximum atomic E-state index is 12.2. The summed E-state index contributed by atoms with van der Waals surface area (Å²) >= 11 is 0. The van der Waals surface area contributed by atoms with Crippen LogP contribution in [-0.2, 0) is 16.9 Å². The van der Waals surface area contributed by atoms with Crippen molar-refractivity contribution in [3.63, 3.8) is 0 Å². The maximum absolute atomic E-state index is 12.2. The molecule has 0 saturated heterocycles. The zero-order valence-electron chi connectivity index (χ0n) is 18.3. The van der Waals surface area contributed by atoms with Gasteiger partial charge in [-0.2, -0.15) is 0 Å². The summed E-state index contributed by atoms with van der Waals surface area (Å²) < 4.78 is 7.83. The van der Waals surface area contributed by atoms with Crippen LogP contribution in [0.4, 0.5) is 0 Å². The molecule has 0 fully saturated rings. The largest absolute Gasteiger partial charge is 0.492 e. The lowest BCUT2D eigenvalue weighted by Gasteiger charge is -2.29. The van der Waals surface area contributed by atoms with Crippen molar-refractivity contribution in [1.82, 2.24) is 14.9 Å². The second-order valence-electron chi connectivity index (χ2n) is 7.60. The predicted octanol–water partition coefficient (Wildman–Crippen LogP) is 3.86. The highest BCUT2D eigenvalue weighted by Gasteiger charge is 2.38. The van der Waals surface area contributed by atoms with Crippen LogP contribution in [0.25, 0.3) is 11.0 Å². The van der Waals surface area contributed by atoms with Crippen LogP contribution in [-0.4, -0.2) is 33.7 Å². The third kappa shape index (κ3) is 4.09. The van der Waals surface area contributed by atoms with Crippen LogP contribution in [0.2, 0.25) is 0 Å². The van der Waals surface area contributed by atoms with E-state index < -0.39 is 5.60 Å². The molecule has 0 atom stereocenters. The highest BCUT2D eigenvalue weighted by Crippen LogP contribution is 2.38. The number of carbonyl (C=O) groups is 1. The molecule has 0 aliphatic heterocycles. The van der Waals surface area contributed by atoms with Crippen LogP contribution in [0.3, 0.4) is 0 Å². The third-order valence-corrected chi connectivity index (χ3v) is 5.49. The van der Waals surface area contributed by atoms with E-state index in [9.17, 15) is 9.90 Å². The third-order valence-electron chi connectivity index (χ3n) is 5.49. The number of ether oxygens (including phenoxy) is 1. The number of fused-ring (bicyclic) bond motifs is 1. The Morgan fingerprint density at radius 2 is 1.66 bits per heavy atom. The molecule has 2 N–H and O–H groups in total. The average Bonchev–Trinajstić information content (AvgIpc) is 3.20. The number of carbonyl (C=O) groups excluding carboxylic acids is 1. The van der Waals surface area contributed by atoms with Gasteiger partial charge in [0.15, 0.2) is 11.4 Å². The van der Waals surface area contributed by atoms with Gasteiger partial charge < -0.3 is 19.7 Å². The number of hydrogen-bond acceptors (Lipinski definition) is 4. The molecule has 1 amide bonds. The van der Waals surface area contributed by atoms with E-state index in [1.807, 2.05) is 90.4 Å². The number of aryl methyl sites for hydroxylation is 1. The molecule has 0 radical (unpaired) electrons. The number of nitrogens with one attached hydrogen (secondary N) is 1. The van der Waals surface area contributed by atoms with Crippen LogP contribution in [0.1, 0.15) is 30.8 Å². The van der Waals surface area contributed by atoms with Crippen LogP contribution < -0.4 is 10.1 Å². The average molecular weight is 430 g/mol. The van der Waals surface area contributed by atoms with Gasteiger partial charge in [-0.1, -0.05) is 60.7 Å². The predicted molar refractivity (Wildman–Crippen MR) is 125 cm³/mol. The molecule has 4 aromatic rings. The van der Waals surface area contributed by atoms with E-state index in [-0.39, 0.29) is 5.91 Å². The number of nitrogens with zero attached hydrogens (tertiary/aromatic N) is 2. The summed E-state index contributed by atoms with van der Waals surface area (Å²) in [6, 6.07) is 24.9. The van der Waals surface area contributed by atoms with Crippen molar-refractivity contribution in [2.75, 3.05) is 13.2 Å². The molecule has 0 spiro atoms. The molecule has 0 unspecified atom stereocenters. The summed E-state index contributed by atoms with van der Waals surface area (Å²) in [6.07, 6.45) is 0. The fourth-order valence-corrected chi connectivity index (χ4v) is 3.97. The molecule has 4 rings (SSSR count). The zero-order chi connectivity index (χ0) is 22.6. The fourth-order valence-electron chi connectivity index (χ4n) is 3.97. The zero-order valence-corrected chi connectivity index (χ0v) is 18.3. The fraction of sp³-hybridized carbons (Fsp3) is 0.231. The maximum Gasteiger partial charge on any atom is 0.216 e. The van der Waals surface area contributed by atoms with Crippen LogP contribution in [0.5, 0.6) is 5.75 Å². The Morgan fingerprint density at radius 1 is 1.03 bits per heavy atom. The number of amides is 1.